The third kappa shape index (κ3) is 4.74. The third-order valence-electron chi connectivity index (χ3n) is 3.75. The van der Waals surface area contributed by atoms with E-state index >= 15 is 0 Å². The summed E-state index contributed by atoms with van der Waals surface area (Å²) in [6, 6.07) is 16.7. The second-order valence-corrected chi connectivity index (χ2v) is 6.69. The zero-order valence-corrected chi connectivity index (χ0v) is 14.3. The molecule has 0 saturated carbocycles. The molecule has 0 spiro atoms. The first kappa shape index (κ1) is 16.8. The minimum absolute atomic E-state index is 0.153. The van der Waals surface area contributed by atoms with E-state index in [1.807, 2.05) is 31.2 Å². The highest BCUT2D eigenvalue weighted by Crippen LogP contribution is 2.22. The molecule has 0 aliphatic carbocycles. The minimum Gasteiger partial charge on any atom is -0.282 e. The SMILES string of the molecule is CCCCCc1ccc(-c2ccc(C(=O)SCC)cc2)cc1. The normalized spacial score (nSPS) is 10.6. The minimum atomic E-state index is 0.153. The molecular formula is C20H24OS. The molecule has 1 nitrogen and oxygen atoms in total. The van der Waals surface area contributed by atoms with Gasteiger partial charge in [-0.25, -0.2) is 0 Å². The number of rotatable bonds is 7. The summed E-state index contributed by atoms with van der Waals surface area (Å²) in [5.41, 5.74) is 4.56. The van der Waals surface area contributed by atoms with Gasteiger partial charge in [-0.2, -0.15) is 0 Å². The third-order valence-corrected chi connectivity index (χ3v) is 4.54. The van der Waals surface area contributed by atoms with Crippen LogP contribution >= 0.6 is 11.8 Å². The highest BCUT2D eigenvalue weighted by molar-refractivity contribution is 8.14. The summed E-state index contributed by atoms with van der Waals surface area (Å²) in [6.07, 6.45) is 4.99. The number of thioether (sulfide) groups is 1. The van der Waals surface area contributed by atoms with Crippen LogP contribution in [0.5, 0.6) is 0 Å². The van der Waals surface area contributed by atoms with E-state index in [0.29, 0.717) is 0 Å². The zero-order valence-electron chi connectivity index (χ0n) is 13.5. The maximum absolute atomic E-state index is 11.8. The number of carbonyl (C=O) groups is 1. The van der Waals surface area contributed by atoms with Gasteiger partial charge in [0.25, 0.3) is 0 Å². The molecule has 0 radical (unpaired) electrons. The smallest absolute Gasteiger partial charge is 0.219 e. The summed E-state index contributed by atoms with van der Waals surface area (Å²) in [5.74, 6) is 0.820. The highest BCUT2D eigenvalue weighted by atomic mass is 32.2. The van der Waals surface area contributed by atoms with Gasteiger partial charge in [0.15, 0.2) is 0 Å². The van der Waals surface area contributed by atoms with E-state index in [1.165, 1.54) is 42.2 Å². The van der Waals surface area contributed by atoms with Gasteiger partial charge in [0.05, 0.1) is 0 Å². The molecule has 0 aromatic heterocycles. The first-order chi connectivity index (χ1) is 10.7. The van der Waals surface area contributed by atoms with Crippen LogP contribution in [0.15, 0.2) is 48.5 Å². The molecule has 0 aliphatic rings. The largest absolute Gasteiger partial charge is 0.282 e. The Bertz CT molecular complexity index is 584. The Morgan fingerprint density at radius 3 is 2.00 bits per heavy atom. The van der Waals surface area contributed by atoms with Crippen molar-refractivity contribution in [2.75, 3.05) is 5.75 Å². The van der Waals surface area contributed by atoms with E-state index in [2.05, 4.69) is 31.2 Å². The molecule has 0 amide bonds. The lowest BCUT2D eigenvalue weighted by Gasteiger charge is -2.06. The van der Waals surface area contributed by atoms with E-state index in [9.17, 15) is 4.79 Å². The first-order valence-corrected chi connectivity index (χ1v) is 9.09. The lowest BCUT2D eigenvalue weighted by atomic mass is 10.0. The van der Waals surface area contributed by atoms with Crippen LogP contribution in [0, 0.1) is 0 Å². The molecule has 0 atom stereocenters. The Morgan fingerprint density at radius 1 is 0.864 bits per heavy atom. The van der Waals surface area contributed by atoms with Crippen molar-refractivity contribution in [2.45, 2.75) is 39.5 Å². The van der Waals surface area contributed by atoms with E-state index in [-0.39, 0.29) is 5.12 Å². The van der Waals surface area contributed by atoms with Crippen LogP contribution in [-0.2, 0) is 6.42 Å². The zero-order chi connectivity index (χ0) is 15.8. The van der Waals surface area contributed by atoms with Crippen molar-refractivity contribution in [2.24, 2.45) is 0 Å². The van der Waals surface area contributed by atoms with Crippen LogP contribution < -0.4 is 0 Å². The Hall–Kier alpha value is -1.54. The molecule has 22 heavy (non-hydrogen) atoms. The van der Waals surface area contributed by atoms with Gasteiger partial charge in [-0.1, -0.05) is 74.8 Å². The summed E-state index contributed by atoms with van der Waals surface area (Å²) >= 11 is 1.36. The predicted molar refractivity (Wildman–Crippen MR) is 97.6 cm³/mol. The summed E-state index contributed by atoms with van der Waals surface area (Å²) in [6.45, 7) is 4.23. The molecular weight excluding hydrogens is 288 g/mol. The first-order valence-electron chi connectivity index (χ1n) is 8.11. The van der Waals surface area contributed by atoms with E-state index in [1.54, 1.807) is 0 Å². The van der Waals surface area contributed by atoms with Gasteiger partial charge in [-0.05, 0) is 47.4 Å². The van der Waals surface area contributed by atoms with Crippen molar-refractivity contribution in [3.05, 3.63) is 59.7 Å². The van der Waals surface area contributed by atoms with Crippen LogP contribution in [0.25, 0.3) is 11.1 Å². The lowest BCUT2D eigenvalue weighted by Crippen LogP contribution is -1.93. The molecule has 0 saturated heterocycles. The van der Waals surface area contributed by atoms with Crippen LogP contribution in [0.2, 0.25) is 0 Å². The van der Waals surface area contributed by atoms with Crippen molar-refractivity contribution >= 4 is 16.9 Å². The molecule has 2 aromatic rings. The predicted octanol–water partition coefficient (Wildman–Crippen LogP) is 5.98. The average molecular weight is 312 g/mol. The van der Waals surface area contributed by atoms with Crippen LogP contribution in [-0.4, -0.2) is 10.9 Å². The molecule has 0 N–H and O–H groups in total. The number of carbonyl (C=O) groups excluding carboxylic acids is 1. The van der Waals surface area contributed by atoms with Crippen molar-refractivity contribution < 1.29 is 4.79 Å². The molecule has 0 fully saturated rings. The molecule has 2 aromatic carbocycles. The Morgan fingerprint density at radius 2 is 1.45 bits per heavy atom. The molecule has 0 bridgehead atoms. The van der Waals surface area contributed by atoms with Gasteiger partial charge in [0.2, 0.25) is 5.12 Å². The van der Waals surface area contributed by atoms with Gasteiger partial charge in [-0.3, -0.25) is 4.79 Å². The maximum Gasteiger partial charge on any atom is 0.219 e. The quantitative estimate of drug-likeness (QED) is 0.585. The molecule has 2 rings (SSSR count). The lowest BCUT2D eigenvalue weighted by molar-refractivity contribution is 0.108. The fraction of sp³-hybridized carbons (Fsp3) is 0.350. The highest BCUT2D eigenvalue weighted by Gasteiger charge is 2.05. The van der Waals surface area contributed by atoms with Crippen molar-refractivity contribution in [3.63, 3.8) is 0 Å². The monoisotopic (exact) mass is 312 g/mol. The number of aryl methyl sites for hydroxylation is 1. The summed E-state index contributed by atoms with van der Waals surface area (Å²) in [7, 11) is 0. The summed E-state index contributed by atoms with van der Waals surface area (Å²) in [4.78, 5) is 11.8. The van der Waals surface area contributed by atoms with E-state index in [4.69, 9.17) is 0 Å². The molecule has 116 valence electrons. The van der Waals surface area contributed by atoms with Gasteiger partial charge < -0.3 is 0 Å². The van der Waals surface area contributed by atoms with Gasteiger partial charge in [0, 0.05) is 5.56 Å². The fourth-order valence-electron chi connectivity index (χ4n) is 2.46. The number of benzene rings is 2. The van der Waals surface area contributed by atoms with E-state index in [0.717, 1.165) is 23.3 Å². The second kappa shape index (κ2) is 8.79. The number of hydrogen-bond acceptors (Lipinski definition) is 2. The Balaban J connectivity index is 2.03. The molecule has 0 aliphatic heterocycles. The number of unbranched alkanes of at least 4 members (excludes halogenated alkanes) is 2. The van der Waals surface area contributed by atoms with Crippen molar-refractivity contribution in [3.8, 4) is 11.1 Å². The molecule has 2 heteroatoms. The number of hydrogen-bond donors (Lipinski definition) is 0. The van der Waals surface area contributed by atoms with Gasteiger partial charge in [-0.15, -0.1) is 0 Å². The fourth-order valence-corrected chi connectivity index (χ4v) is 3.02. The average Bonchev–Trinajstić information content (AvgIpc) is 2.56. The molecule has 0 heterocycles. The van der Waals surface area contributed by atoms with Crippen molar-refractivity contribution in [1.82, 2.24) is 0 Å². The topological polar surface area (TPSA) is 17.1 Å². The Kier molecular flexibility index (Phi) is 6.73. The van der Waals surface area contributed by atoms with Gasteiger partial charge >= 0.3 is 0 Å². The van der Waals surface area contributed by atoms with E-state index < -0.39 is 0 Å². The van der Waals surface area contributed by atoms with Crippen LogP contribution in [0.1, 0.15) is 49.0 Å². The molecule has 0 unspecified atom stereocenters. The standard InChI is InChI=1S/C20H24OS/c1-3-5-6-7-16-8-10-17(11-9-16)18-12-14-19(15-13-18)20(21)22-4-2/h8-15H,3-7H2,1-2H3. The van der Waals surface area contributed by atoms with Gasteiger partial charge in [0.1, 0.15) is 0 Å². The second-order valence-electron chi connectivity index (χ2n) is 5.45. The van der Waals surface area contributed by atoms with Crippen LogP contribution in [0.4, 0.5) is 0 Å². The Labute approximate surface area is 138 Å². The van der Waals surface area contributed by atoms with Crippen molar-refractivity contribution in [1.29, 1.82) is 0 Å². The summed E-state index contributed by atoms with van der Waals surface area (Å²) < 4.78 is 0. The van der Waals surface area contributed by atoms with Crippen LogP contribution in [0.3, 0.4) is 0 Å². The summed E-state index contributed by atoms with van der Waals surface area (Å²) in [5, 5.41) is 0.153. The maximum atomic E-state index is 11.8.